The van der Waals surface area contributed by atoms with Gasteiger partial charge in [-0.3, -0.25) is 4.79 Å². The Morgan fingerprint density at radius 2 is 0.512 bits per heavy atom. The molecule has 2 nitrogen and oxygen atoms in total. The van der Waals surface area contributed by atoms with Crippen LogP contribution in [0.1, 0.15) is 251 Å². The molecular formula is C41H82O2. The maximum atomic E-state index is 12.0. The van der Waals surface area contributed by atoms with Gasteiger partial charge in [-0.1, -0.05) is 232 Å². The molecule has 258 valence electrons. The van der Waals surface area contributed by atoms with Gasteiger partial charge in [0.1, 0.15) is 0 Å². The molecule has 0 aromatic rings. The summed E-state index contributed by atoms with van der Waals surface area (Å²) < 4.78 is 5.46. The lowest BCUT2D eigenvalue weighted by molar-refractivity contribution is -0.143. The van der Waals surface area contributed by atoms with Crippen LogP contribution in [0, 0.1) is 0 Å². The van der Waals surface area contributed by atoms with Crippen molar-refractivity contribution in [2.24, 2.45) is 0 Å². The quantitative estimate of drug-likeness (QED) is 0.0516. The van der Waals surface area contributed by atoms with Crippen LogP contribution >= 0.6 is 0 Å². The van der Waals surface area contributed by atoms with Gasteiger partial charge in [0.2, 0.25) is 0 Å². The van der Waals surface area contributed by atoms with Crippen molar-refractivity contribution in [1.82, 2.24) is 0 Å². The Balaban J connectivity index is 3.14. The number of hydrogen-bond acceptors (Lipinski definition) is 2. The second kappa shape index (κ2) is 39.5. The Morgan fingerprint density at radius 1 is 0.302 bits per heavy atom. The molecule has 0 fully saturated rings. The summed E-state index contributed by atoms with van der Waals surface area (Å²) in [6, 6.07) is 0. The first-order chi connectivity index (χ1) is 21.3. The van der Waals surface area contributed by atoms with Crippen molar-refractivity contribution in [2.45, 2.75) is 251 Å². The molecule has 0 atom stereocenters. The number of esters is 1. The van der Waals surface area contributed by atoms with E-state index in [4.69, 9.17) is 4.74 Å². The Kier molecular flexibility index (Phi) is 39.0. The van der Waals surface area contributed by atoms with Crippen LogP contribution in [0.5, 0.6) is 0 Å². The van der Waals surface area contributed by atoms with Crippen LogP contribution in [0.3, 0.4) is 0 Å². The first kappa shape index (κ1) is 42.5. The van der Waals surface area contributed by atoms with Gasteiger partial charge in [-0.2, -0.15) is 0 Å². The number of rotatable bonds is 38. The molecule has 0 rings (SSSR count). The minimum absolute atomic E-state index is 0.0307. The van der Waals surface area contributed by atoms with E-state index in [1.165, 1.54) is 218 Å². The molecule has 43 heavy (non-hydrogen) atoms. The number of hydrogen-bond donors (Lipinski definition) is 0. The topological polar surface area (TPSA) is 26.3 Å². The summed E-state index contributed by atoms with van der Waals surface area (Å²) >= 11 is 0. The molecule has 0 aromatic heterocycles. The van der Waals surface area contributed by atoms with Crippen LogP contribution in [0.25, 0.3) is 0 Å². The highest BCUT2D eigenvalue weighted by Crippen LogP contribution is 2.16. The zero-order valence-corrected chi connectivity index (χ0v) is 30.2. The lowest BCUT2D eigenvalue weighted by Gasteiger charge is -2.06. The van der Waals surface area contributed by atoms with Crippen LogP contribution in [0.2, 0.25) is 0 Å². The van der Waals surface area contributed by atoms with Gasteiger partial charge in [0.15, 0.2) is 0 Å². The maximum absolute atomic E-state index is 12.0. The fourth-order valence-corrected chi connectivity index (χ4v) is 6.43. The summed E-state index contributed by atoms with van der Waals surface area (Å²) in [7, 11) is 0. The van der Waals surface area contributed by atoms with Gasteiger partial charge in [-0.15, -0.1) is 0 Å². The monoisotopic (exact) mass is 607 g/mol. The minimum atomic E-state index is 0.0307. The molecule has 0 radical (unpaired) electrons. The first-order valence-corrected chi connectivity index (χ1v) is 20.5. The summed E-state index contributed by atoms with van der Waals surface area (Å²) in [6.45, 7) is 5.23. The van der Waals surface area contributed by atoms with E-state index < -0.39 is 0 Å². The third-order valence-electron chi connectivity index (χ3n) is 9.50. The van der Waals surface area contributed by atoms with Crippen LogP contribution in [-0.2, 0) is 9.53 Å². The van der Waals surface area contributed by atoms with Gasteiger partial charge in [0.05, 0.1) is 6.61 Å². The van der Waals surface area contributed by atoms with Crippen molar-refractivity contribution in [1.29, 1.82) is 0 Å². The third kappa shape index (κ3) is 39.4. The van der Waals surface area contributed by atoms with Gasteiger partial charge >= 0.3 is 5.97 Å². The Hall–Kier alpha value is -0.530. The average molecular weight is 607 g/mol. The van der Waals surface area contributed by atoms with E-state index in [9.17, 15) is 4.79 Å². The molecule has 0 aliphatic rings. The van der Waals surface area contributed by atoms with Gasteiger partial charge < -0.3 is 4.74 Å². The van der Waals surface area contributed by atoms with E-state index in [-0.39, 0.29) is 5.97 Å². The molecule has 2 heteroatoms. The van der Waals surface area contributed by atoms with E-state index in [0.29, 0.717) is 13.0 Å². The van der Waals surface area contributed by atoms with E-state index in [2.05, 4.69) is 13.8 Å². The summed E-state index contributed by atoms with van der Waals surface area (Å²) in [4.78, 5) is 12.0. The number of carbonyl (C=O) groups is 1. The maximum Gasteiger partial charge on any atom is 0.305 e. The van der Waals surface area contributed by atoms with Crippen molar-refractivity contribution in [3.8, 4) is 0 Å². The van der Waals surface area contributed by atoms with Gasteiger partial charge in [-0.25, -0.2) is 0 Å². The molecule has 0 aromatic carbocycles. The summed E-state index contributed by atoms with van der Waals surface area (Å²) in [6.07, 6.45) is 50.5. The molecule has 0 unspecified atom stereocenters. The largest absolute Gasteiger partial charge is 0.466 e. The van der Waals surface area contributed by atoms with E-state index in [0.717, 1.165) is 12.8 Å². The second-order valence-corrected chi connectivity index (χ2v) is 14.0. The molecule has 0 aliphatic carbocycles. The fourth-order valence-electron chi connectivity index (χ4n) is 6.43. The van der Waals surface area contributed by atoms with Crippen LogP contribution < -0.4 is 0 Å². The second-order valence-electron chi connectivity index (χ2n) is 14.0. The molecule has 0 N–H and O–H groups in total. The van der Waals surface area contributed by atoms with Crippen molar-refractivity contribution < 1.29 is 9.53 Å². The summed E-state index contributed by atoms with van der Waals surface area (Å²) in [5.41, 5.74) is 0. The average Bonchev–Trinajstić information content (AvgIpc) is 3.01. The van der Waals surface area contributed by atoms with Crippen LogP contribution in [0.4, 0.5) is 0 Å². The molecule has 0 saturated carbocycles. The molecule has 0 saturated heterocycles. The van der Waals surface area contributed by atoms with E-state index in [1.807, 2.05) is 0 Å². The van der Waals surface area contributed by atoms with E-state index in [1.54, 1.807) is 0 Å². The predicted molar refractivity (Wildman–Crippen MR) is 193 cm³/mol. The van der Waals surface area contributed by atoms with Crippen LogP contribution in [0.15, 0.2) is 0 Å². The van der Waals surface area contributed by atoms with Crippen molar-refractivity contribution in [3.63, 3.8) is 0 Å². The lowest BCUT2D eigenvalue weighted by Crippen LogP contribution is -2.05. The molecule has 0 aliphatic heterocycles. The number of unbranched alkanes of at least 4 members (excludes halogenated alkanes) is 34. The van der Waals surface area contributed by atoms with Crippen molar-refractivity contribution >= 4 is 5.97 Å². The first-order valence-electron chi connectivity index (χ1n) is 20.5. The van der Waals surface area contributed by atoms with Crippen LogP contribution in [-0.4, -0.2) is 12.6 Å². The zero-order chi connectivity index (χ0) is 31.2. The molecule has 0 spiro atoms. The molecular weight excluding hydrogens is 524 g/mol. The van der Waals surface area contributed by atoms with Crippen molar-refractivity contribution in [2.75, 3.05) is 6.61 Å². The Bertz CT molecular complexity index is 502. The standard InChI is InChI=1S/C41H82O2/c1-3-5-7-9-11-13-15-17-19-21-22-23-24-26-28-30-32-34-36-38-40-43-41(42)39-37-35-33-31-29-27-25-20-18-16-14-12-10-8-6-4-2/h3-40H2,1-2H3. The summed E-state index contributed by atoms with van der Waals surface area (Å²) in [5.74, 6) is 0.0307. The van der Waals surface area contributed by atoms with Gasteiger partial charge in [0, 0.05) is 6.42 Å². The minimum Gasteiger partial charge on any atom is -0.466 e. The highest BCUT2D eigenvalue weighted by molar-refractivity contribution is 5.69. The van der Waals surface area contributed by atoms with Gasteiger partial charge in [-0.05, 0) is 12.8 Å². The Labute approximate surface area is 273 Å². The highest BCUT2D eigenvalue weighted by Gasteiger charge is 2.03. The molecule has 0 bridgehead atoms. The smallest absolute Gasteiger partial charge is 0.305 e. The molecule has 0 amide bonds. The van der Waals surface area contributed by atoms with Crippen molar-refractivity contribution in [3.05, 3.63) is 0 Å². The van der Waals surface area contributed by atoms with Gasteiger partial charge in [0.25, 0.3) is 0 Å². The normalized spacial score (nSPS) is 11.4. The zero-order valence-electron chi connectivity index (χ0n) is 30.2. The lowest BCUT2D eigenvalue weighted by atomic mass is 10.0. The number of ether oxygens (including phenoxy) is 1. The predicted octanol–water partition coefficient (Wildman–Crippen LogP) is 15.0. The van der Waals surface area contributed by atoms with E-state index >= 15 is 0 Å². The highest BCUT2D eigenvalue weighted by atomic mass is 16.5. The third-order valence-corrected chi connectivity index (χ3v) is 9.50. The summed E-state index contributed by atoms with van der Waals surface area (Å²) in [5, 5.41) is 0. The number of carbonyl (C=O) groups excluding carboxylic acids is 1. The Morgan fingerprint density at radius 3 is 0.767 bits per heavy atom. The fraction of sp³-hybridized carbons (Fsp3) is 0.976. The SMILES string of the molecule is CCCCCCCCCCCCCCCCCCCCCCOC(=O)CCCCCCCCCCCCCCCCCC. The molecule has 0 heterocycles.